The van der Waals surface area contributed by atoms with Crippen molar-refractivity contribution in [2.24, 2.45) is 0 Å². The van der Waals surface area contributed by atoms with Crippen LogP contribution in [-0.4, -0.2) is 19.2 Å². The quantitative estimate of drug-likeness (QED) is 0.772. The lowest BCUT2D eigenvalue weighted by Crippen LogP contribution is -2.27. The summed E-state index contributed by atoms with van der Waals surface area (Å²) in [5.41, 5.74) is 1.62. The van der Waals surface area contributed by atoms with Gasteiger partial charge in [0.25, 0.3) is 5.91 Å². The van der Waals surface area contributed by atoms with Crippen LogP contribution in [0.25, 0.3) is 0 Å². The Hall–Kier alpha value is -2.42. The average molecular weight is 239 g/mol. The molecule has 2 rings (SSSR count). The van der Waals surface area contributed by atoms with E-state index in [0.717, 1.165) is 5.69 Å². The number of hydrogen-bond acceptors (Lipinski definition) is 2. The van der Waals surface area contributed by atoms with E-state index in [1.807, 2.05) is 30.3 Å². The van der Waals surface area contributed by atoms with Crippen LogP contribution in [0, 0.1) is 0 Å². The molecule has 0 heterocycles. The topological polar surface area (TPSA) is 37.4 Å². The Morgan fingerprint density at radius 3 is 2.28 bits per heavy atom. The molecule has 2 aromatic carbocycles. The van der Waals surface area contributed by atoms with Gasteiger partial charge in [0.2, 0.25) is 0 Å². The van der Waals surface area contributed by atoms with Crippen molar-refractivity contribution in [2.45, 2.75) is 0 Å². The first-order valence-corrected chi connectivity index (χ1v) is 5.61. The fraction of sp³-hybridized carbons (Fsp3) is 0.0667. The lowest BCUT2D eigenvalue weighted by Gasteiger charge is -2.18. The van der Waals surface area contributed by atoms with Crippen LogP contribution in [0.4, 0.5) is 5.69 Å². The smallest absolute Gasteiger partial charge is 0.258 e. The van der Waals surface area contributed by atoms with Gasteiger partial charge in [0.05, 0.1) is 5.56 Å². The Morgan fingerprint density at radius 2 is 1.61 bits per heavy atom. The molecule has 0 saturated heterocycles. The van der Waals surface area contributed by atoms with E-state index in [1.54, 1.807) is 31.3 Å². The number of hydrogen-bond donors (Lipinski definition) is 0. The summed E-state index contributed by atoms with van der Waals surface area (Å²) >= 11 is 0. The normalized spacial score (nSPS) is 9.83. The molecule has 0 aliphatic rings. The molecule has 0 spiro atoms. The summed E-state index contributed by atoms with van der Waals surface area (Å²) in [6.07, 6.45) is 0.700. The van der Waals surface area contributed by atoms with Gasteiger partial charge in [-0.15, -0.1) is 0 Å². The van der Waals surface area contributed by atoms with Crippen molar-refractivity contribution < 1.29 is 9.59 Å². The Bertz CT molecular complexity index is 564. The van der Waals surface area contributed by atoms with Crippen LogP contribution in [0.15, 0.2) is 54.6 Å². The molecule has 0 aromatic heterocycles. The predicted molar refractivity (Wildman–Crippen MR) is 71.0 cm³/mol. The molecule has 18 heavy (non-hydrogen) atoms. The van der Waals surface area contributed by atoms with Gasteiger partial charge >= 0.3 is 0 Å². The van der Waals surface area contributed by atoms with Crippen LogP contribution in [-0.2, 0) is 0 Å². The Labute approximate surface area is 106 Å². The second-order valence-corrected chi connectivity index (χ2v) is 3.90. The summed E-state index contributed by atoms with van der Waals surface area (Å²) in [4.78, 5) is 24.7. The van der Waals surface area contributed by atoms with Crippen LogP contribution in [0.5, 0.6) is 0 Å². The van der Waals surface area contributed by atoms with Crippen molar-refractivity contribution >= 4 is 17.9 Å². The Kier molecular flexibility index (Phi) is 3.53. The fourth-order valence-electron chi connectivity index (χ4n) is 1.74. The van der Waals surface area contributed by atoms with Gasteiger partial charge in [-0.3, -0.25) is 9.59 Å². The van der Waals surface area contributed by atoms with Gasteiger partial charge in [-0.05, 0) is 18.2 Å². The zero-order chi connectivity index (χ0) is 13.0. The monoisotopic (exact) mass is 239 g/mol. The van der Waals surface area contributed by atoms with E-state index < -0.39 is 0 Å². The first kappa shape index (κ1) is 12.0. The summed E-state index contributed by atoms with van der Waals surface area (Å²) in [6, 6.07) is 16.1. The van der Waals surface area contributed by atoms with E-state index in [9.17, 15) is 9.59 Å². The van der Waals surface area contributed by atoms with Crippen molar-refractivity contribution in [1.29, 1.82) is 0 Å². The zero-order valence-corrected chi connectivity index (χ0v) is 10.0. The molecule has 3 heteroatoms. The summed E-state index contributed by atoms with van der Waals surface area (Å²) in [5, 5.41) is 0. The molecular formula is C15H13NO2. The highest BCUT2D eigenvalue weighted by molar-refractivity contribution is 6.09. The van der Waals surface area contributed by atoms with Crippen LogP contribution >= 0.6 is 0 Å². The van der Waals surface area contributed by atoms with Crippen LogP contribution in [0.3, 0.4) is 0 Å². The predicted octanol–water partition coefficient (Wildman–Crippen LogP) is 2.78. The van der Waals surface area contributed by atoms with Gasteiger partial charge in [-0.2, -0.15) is 0 Å². The molecule has 2 aromatic rings. The number of anilines is 1. The summed E-state index contributed by atoms with van der Waals surface area (Å²) in [5.74, 6) is -0.191. The zero-order valence-electron chi connectivity index (χ0n) is 10.0. The first-order chi connectivity index (χ1) is 8.74. The molecule has 0 unspecified atom stereocenters. The molecule has 0 aliphatic carbocycles. The maximum absolute atomic E-state index is 12.3. The van der Waals surface area contributed by atoms with Gasteiger partial charge in [-0.1, -0.05) is 36.4 Å². The van der Waals surface area contributed by atoms with E-state index in [1.165, 1.54) is 4.90 Å². The van der Waals surface area contributed by atoms with E-state index in [2.05, 4.69) is 0 Å². The van der Waals surface area contributed by atoms with Crippen molar-refractivity contribution in [3.05, 3.63) is 65.7 Å². The molecule has 0 bridgehead atoms. The first-order valence-electron chi connectivity index (χ1n) is 5.61. The highest BCUT2D eigenvalue weighted by Crippen LogP contribution is 2.16. The van der Waals surface area contributed by atoms with Gasteiger partial charge in [-0.25, -0.2) is 0 Å². The molecular weight excluding hydrogens is 226 g/mol. The minimum absolute atomic E-state index is 0.191. The maximum Gasteiger partial charge on any atom is 0.258 e. The molecule has 3 nitrogen and oxygen atoms in total. The number of carbonyl (C=O) groups is 2. The molecule has 0 saturated carbocycles. The largest absolute Gasteiger partial charge is 0.311 e. The number of rotatable bonds is 3. The number of benzene rings is 2. The van der Waals surface area contributed by atoms with Crippen molar-refractivity contribution in [2.75, 3.05) is 11.9 Å². The Morgan fingerprint density at radius 1 is 1.00 bits per heavy atom. The molecule has 0 aliphatic heterocycles. The molecule has 90 valence electrons. The molecule has 0 fully saturated rings. The number of aldehydes is 1. The third kappa shape index (κ3) is 2.30. The van der Waals surface area contributed by atoms with Gasteiger partial charge in [0.15, 0.2) is 6.29 Å². The van der Waals surface area contributed by atoms with Crippen molar-refractivity contribution in [3.63, 3.8) is 0 Å². The highest BCUT2D eigenvalue weighted by Gasteiger charge is 2.15. The maximum atomic E-state index is 12.3. The van der Waals surface area contributed by atoms with E-state index in [-0.39, 0.29) is 5.91 Å². The standard InChI is InChI=1S/C15H13NO2/c1-16(13-8-3-2-4-9-13)15(18)14-10-6-5-7-12(14)11-17/h2-11H,1H3. The summed E-state index contributed by atoms with van der Waals surface area (Å²) < 4.78 is 0. The third-order valence-corrected chi connectivity index (χ3v) is 2.77. The van der Waals surface area contributed by atoms with E-state index >= 15 is 0 Å². The molecule has 0 N–H and O–H groups in total. The number of para-hydroxylation sites is 1. The SMILES string of the molecule is CN(C(=O)c1ccccc1C=O)c1ccccc1. The lowest BCUT2D eigenvalue weighted by atomic mass is 10.1. The number of amides is 1. The average Bonchev–Trinajstić information content (AvgIpc) is 2.46. The minimum Gasteiger partial charge on any atom is -0.311 e. The number of carbonyl (C=O) groups excluding carboxylic acids is 2. The van der Waals surface area contributed by atoms with E-state index in [0.29, 0.717) is 17.4 Å². The van der Waals surface area contributed by atoms with Crippen molar-refractivity contribution in [1.82, 2.24) is 0 Å². The van der Waals surface area contributed by atoms with Gasteiger partial charge in [0, 0.05) is 18.3 Å². The highest BCUT2D eigenvalue weighted by atomic mass is 16.2. The summed E-state index contributed by atoms with van der Waals surface area (Å²) in [7, 11) is 1.69. The van der Waals surface area contributed by atoms with Crippen LogP contribution in [0.1, 0.15) is 20.7 Å². The molecule has 0 radical (unpaired) electrons. The summed E-state index contributed by atoms with van der Waals surface area (Å²) in [6.45, 7) is 0. The second kappa shape index (κ2) is 5.27. The van der Waals surface area contributed by atoms with Crippen LogP contribution in [0.2, 0.25) is 0 Å². The third-order valence-electron chi connectivity index (χ3n) is 2.77. The van der Waals surface area contributed by atoms with Gasteiger partial charge in [0.1, 0.15) is 0 Å². The van der Waals surface area contributed by atoms with E-state index in [4.69, 9.17) is 0 Å². The fourth-order valence-corrected chi connectivity index (χ4v) is 1.74. The van der Waals surface area contributed by atoms with Crippen molar-refractivity contribution in [3.8, 4) is 0 Å². The molecule has 0 atom stereocenters. The molecule has 1 amide bonds. The Balaban J connectivity index is 2.34. The second-order valence-electron chi connectivity index (χ2n) is 3.90. The number of nitrogens with zero attached hydrogens (tertiary/aromatic N) is 1. The van der Waals surface area contributed by atoms with Gasteiger partial charge < -0.3 is 4.90 Å². The lowest BCUT2D eigenvalue weighted by molar-refractivity contribution is 0.0986. The van der Waals surface area contributed by atoms with Crippen LogP contribution < -0.4 is 4.90 Å². The minimum atomic E-state index is -0.191.